The summed E-state index contributed by atoms with van der Waals surface area (Å²) in [6.07, 6.45) is 1.86. The highest BCUT2D eigenvalue weighted by molar-refractivity contribution is 6.33. The third kappa shape index (κ3) is 4.57. The van der Waals surface area contributed by atoms with Gasteiger partial charge in [-0.15, -0.1) is 0 Å². The Bertz CT molecular complexity index is 973. The first kappa shape index (κ1) is 23.2. The Balaban J connectivity index is 2.45. The third-order valence-electron chi connectivity index (χ3n) is 3.99. The molecule has 12 heteroatoms. The molecular weight excluding hydrogens is 429 g/mol. The van der Waals surface area contributed by atoms with Crippen LogP contribution in [-0.2, 0) is 9.63 Å². The number of hydrazine groups is 1. The van der Waals surface area contributed by atoms with Gasteiger partial charge in [0.25, 0.3) is 5.92 Å². The van der Waals surface area contributed by atoms with Crippen molar-refractivity contribution in [3.05, 3.63) is 52.6 Å². The highest BCUT2D eigenvalue weighted by Gasteiger charge is 2.40. The number of amides is 2. The first-order chi connectivity index (χ1) is 13.7. The summed E-state index contributed by atoms with van der Waals surface area (Å²) in [5.41, 5.74) is -3.05. The summed E-state index contributed by atoms with van der Waals surface area (Å²) in [4.78, 5) is 29.1. The zero-order chi connectivity index (χ0) is 23.0. The Morgan fingerprint density at radius 3 is 2.50 bits per heavy atom. The molecule has 1 aliphatic heterocycles. The standard InChI is InChI=1S/C18H18ClF3N4O4/c1-9-5-14(18(4,21)22)26(23)16(29)25(9)13-6-10(11(19)7-12(13)20)8-24-30-17(2,3)15(27)28/h5-8H,1,23H2,2-4H3,(H,27,28)/b24-8+. The number of allylic oxidation sites excluding steroid dienone is 2. The van der Waals surface area contributed by atoms with E-state index >= 15 is 0 Å². The van der Waals surface area contributed by atoms with Gasteiger partial charge in [0.2, 0.25) is 5.60 Å². The van der Waals surface area contributed by atoms with Crippen LogP contribution in [0.2, 0.25) is 5.02 Å². The van der Waals surface area contributed by atoms with Crippen molar-refractivity contribution in [1.29, 1.82) is 0 Å². The number of nitrogens with two attached hydrogens (primary N) is 1. The number of anilines is 1. The van der Waals surface area contributed by atoms with Crippen LogP contribution in [0.3, 0.4) is 0 Å². The number of halogens is 4. The normalized spacial score (nSPS) is 15.7. The van der Waals surface area contributed by atoms with Crippen molar-refractivity contribution in [3.63, 3.8) is 0 Å². The maximum absolute atomic E-state index is 14.5. The van der Waals surface area contributed by atoms with Crippen LogP contribution in [0.4, 0.5) is 23.7 Å². The second-order valence-corrected chi connectivity index (χ2v) is 7.27. The molecule has 0 aliphatic carbocycles. The number of urea groups is 1. The van der Waals surface area contributed by atoms with Crippen LogP contribution < -0.4 is 10.7 Å². The third-order valence-corrected chi connectivity index (χ3v) is 4.32. The number of carboxylic acid groups (broad SMARTS) is 1. The Hall–Kier alpha value is -3.05. The zero-order valence-corrected chi connectivity index (χ0v) is 16.9. The first-order valence-electron chi connectivity index (χ1n) is 8.28. The number of carbonyl (C=O) groups is 2. The molecule has 8 nitrogen and oxygen atoms in total. The molecule has 0 spiro atoms. The topological polar surface area (TPSA) is 108 Å². The fourth-order valence-electron chi connectivity index (χ4n) is 2.30. The molecule has 3 N–H and O–H groups in total. The molecule has 30 heavy (non-hydrogen) atoms. The first-order valence-corrected chi connectivity index (χ1v) is 8.66. The quantitative estimate of drug-likeness (QED) is 0.298. The number of carbonyl (C=O) groups excluding carboxylic acids is 1. The average molecular weight is 447 g/mol. The number of alkyl halides is 2. The van der Waals surface area contributed by atoms with Gasteiger partial charge in [-0.05, 0) is 32.1 Å². The lowest BCUT2D eigenvalue weighted by Crippen LogP contribution is -2.52. The van der Waals surface area contributed by atoms with Crippen molar-refractivity contribution in [2.45, 2.75) is 32.3 Å². The van der Waals surface area contributed by atoms with E-state index in [4.69, 9.17) is 27.4 Å². The van der Waals surface area contributed by atoms with E-state index in [1.54, 1.807) is 0 Å². The van der Waals surface area contributed by atoms with Crippen LogP contribution in [0.15, 0.2) is 41.3 Å². The molecule has 1 aromatic carbocycles. The molecule has 2 amide bonds. The minimum Gasteiger partial charge on any atom is -0.478 e. The largest absolute Gasteiger partial charge is 0.478 e. The number of rotatable bonds is 6. The molecule has 0 saturated carbocycles. The number of hydrogen-bond acceptors (Lipinski definition) is 5. The fourth-order valence-corrected chi connectivity index (χ4v) is 2.50. The Kier molecular flexibility index (Phi) is 6.19. The highest BCUT2D eigenvalue weighted by atomic mass is 35.5. The molecule has 0 saturated heterocycles. The maximum atomic E-state index is 14.5. The molecular formula is C18H18ClF3N4O4. The summed E-state index contributed by atoms with van der Waals surface area (Å²) >= 11 is 5.96. The monoisotopic (exact) mass is 446 g/mol. The lowest BCUT2D eigenvalue weighted by Gasteiger charge is -2.35. The smallest absolute Gasteiger partial charge is 0.350 e. The van der Waals surface area contributed by atoms with Gasteiger partial charge in [0, 0.05) is 18.2 Å². The molecule has 162 valence electrons. The molecule has 1 aliphatic rings. The van der Waals surface area contributed by atoms with Crippen molar-refractivity contribution in [1.82, 2.24) is 5.01 Å². The lowest BCUT2D eigenvalue weighted by atomic mass is 10.1. The van der Waals surface area contributed by atoms with E-state index in [1.165, 1.54) is 13.8 Å². The minimum absolute atomic E-state index is 0.0500. The van der Waals surface area contributed by atoms with Crippen LogP contribution in [0.25, 0.3) is 0 Å². The summed E-state index contributed by atoms with van der Waals surface area (Å²) in [6, 6.07) is 0.764. The molecule has 2 rings (SSSR count). The number of aliphatic carboxylic acids is 1. The lowest BCUT2D eigenvalue weighted by molar-refractivity contribution is -0.161. The van der Waals surface area contributed by atoms with Gasteiger partial charge in [-0.2, -0.15) is 8.78 Å². The Labute approximate surface area is 174 Å². The molecule has 1 heterocycles. The van der Waals surface area contributed by atoms with Crippen LogP contribution in [0, 0.1) is 5.82 Å². The number of hydrogen-bond donors (Lipinski definition) is 2. The summed E-state index contributed by atoms with van der Waals surface area (Å²) in [5.74, 6) is -0.209. The van der Waals surface area contributed by atoms with Crippen molar-refractivity contribution in [3.8, 4) is 0 Å². The van der Waals surface area contributed by atoms with Crippen molar-refractivity contribution >= 4 is 35.5 Å². The zero-order valence-electron chi connectivity index (χ0n) is 16.1. The summed E-state index contributed by atoms with van der Waals surface area (Å²) in [5, 5.41) is 12.6. The Morgan fingerprint density at radius 2 is 1.97 bits per heavy atom. The second-order valence-electron chi connectivity index (χ2n) is 6.86. The fraction of sp³-hybridized carbons (Fsp3) is 0.278. The summed E-state index contributed by atoms with van der Waals surface area (Å²) in [6.45, 7) is 6.57. The van der Waals surface area contributed by atoms with E-state index in [9.17, 15) is 22.8 Å². The van der Waals surface area contributed by atoms with E-state index in [0.29, 0.717) is 11.8 Å². The van der Waals surface area contributed by atoms with Gasteiger partial charge in [-0.3, -0.25) is 4.90 Å². The van der Waals surface area contributed by atoms with Crippen LogP contribution in [-0.4, -0.2) is 39.9 Å². The molecule has 1 aromatic rings. The average Bonchev–Trinajstić information content (AvgIpc) is 2.60. The van der Waals surface area contributed by atoms with Gasteiger partial charge in [0.05, 0.1) is 16.9 Å². The van der Waals surface area contributed by atoms with Crippen molar-refractivity contribution in [2.24, 2.45) is 11.0 Å². The molecule has 0 aromatic heterocycles. The van der Waals surface area contributed by atoms with Gasteiger partial charge < -0.3 is 9.94 Å². The van der Waals surface area contributed by atoms with Crippen LogP contribution in [0.1, 0.15) is 26.3 Å². The van der Waals surface area contributed by atoms with E-state index in [0.717, 1.165) is 24.4 Å². The number of benzene rings is 1. The van der Waals surface area contributed by atoms with Crippen molar-refractivity contribution < 1.29 is 32.7 Å². The van der Waals surface area contributed by atoms with Crippen LogP contribution in [0.5, 0.6) is 0 Å². The summed E-state index contributed by atoms with van der Waals surface area (Å²) < 4.78 is 41.8. The number of carboxylic acids is 1. The number of nitrogens with zero attached hydrogens (tertiary/aromatic N) is 3. The van der Waals surface area contributed by atoms with Gasteiger partial charge in [-0.25, -0.2) is 24.8 Å². The SMILES string of the molecule is C=C1C=C(C(C)(F)F)N(N)C(=O)N1c1cc(/C=N/OC(C)(C)C(=O)O)c(Cl)cc1F. The van der Waals surface area contributed by atoms with Crippen LogP contribution >= 0.6 is 11.6 Å². The van der Waals surface area contributed by atoms with Crippen molar-refractivity contribution in [2.75, 3.05) is 4.90 Å². The molecule has 0 unspecified atom stereocenters. The Morgan fingerprint density at radius 1 is 1.37 bits per heavy atom. The number of oxime groups is 1. The predicted molar refractivity (Wildman–Crippen MR) is 104 cm³/mol. The molecule has 0 radical (unpaired) electrons. The van der Waals surface area contributed by atoms with E-state index < -0.39 is 40.7 Å². The van der Waals surface area contributed by atoms with E-state index in [2.05, 4.69) is 11.7 Å². The van der Waals surface area contributed by atoms with Gasteiger partial charge in [0.15, 0.2) is 0 Å². The minimum atomic E-state index is -3.44. The molecule has 0 bridgehead atoms. The summed E-state index contributed by atoms with van der Waals surface area (Å²) in [7, 11) is 0. The van der Waals surface area contributed by atoms with E-state index in [-0.39, 0.29) is 21.3 Å². The molecule has 0 atom stereocenters. The van der Waals surface area contributed by atoms with Gasteiger partial charge in [0.1, 0.15) is 11.5 Å². The van der Waals surface area contributed by atoms with Gasteiger partial charge >= 0.3 is 12.0 Å². The van der Waals surface area contributed by atoms with E-state index in [1.807, 2.05) is 0 Å². The predicted octanol–water partition coefficient (Wildman–Crippen LogP) is 3.86. The van der Waals surface area contributed by atoms with Gasteiger partial charge in [-0.1, -0.05) is 23.3 Å². The highest BCUT2D eigenvalue weighted by Crippen LogP contribution is 2.35. The second kappa shape index (κ2) is 8.00. The molecule has 0 fully saturated rings. The maximum Gasteiger partial charge on any atom is 0.350 e.